The van der Waals surface area contributed by atoms with E-state index < -0.39 is 5.54 Å². The standard InChI is InChI=1S/C20H23N3/c1-17-14-23(15-18-8-4-2-5-9-18)13-12-20(17,16-21)22-19-10-6-3-7-11-19/h2-11,17,22H,12-15H2,1H3/t17-,20+/m1/s1. The molecular formula is C20H23N3. The van der Waals surface area contributed by atoms with E-state index in [0.29, 0.717) is 0 Å². The van der Waals surface area contributed by atoms with Gasteiger partial charge in [-0.1, -0.05) is 55.5 Å². The van der Waals surface area contributed by atoms with Crippen LogP contribution in [0.3, 0.4) is 0 Å². The highest BCUT2D eigenvalue weighted by molar-refractivity contribution is 5.48. The molecule has 0 radical (unpaired) electrons. The first-order chi connectivity index (χ1) is 11.2. The highest BCUT2D eigenvalue weighted by atomic mass is 15.2. The number of benzene rings is 2. The Morgan fingerprint density at radius 1 is 1.13 bits per heavy atom. The average Bonchev–Trinajstić information content (AvgIpc) is 2.59. The van der Waals surface area contributed by atoms with Crippen LogP contribution in [-0.4, -0.2) is 23.5 Å². The number of rotatable bonds is 4. The van der Waals surface area contributed by atoms with Gasteiger partial charge in [0.25, 0.3) is 0 Å². The van der Waals surface area contributed by atoms with Crippen LogP contribution in [0.2, 0.25) is 0 Å². The van der Waals surface area contributed by atoms with Gasteiger partial charge in [-0.15, -0.1) is 0 Å². The van der Waals surface area contributed by atoms with Crippen molar-refractivity contribution in [3.05, 3.63) is 66.2 Å². The molecule has 0 amide bonds. The number of nitrogens with one attached hydrogen (secondary N) is 1. The summed E-state index contributed by atoms with van der Waals surface area (Å²) in [5.74, 6) is 0.269. The molecule has 2 aromatic rings. The van der Waals surface area contributed by atoms with Crippen molar-refractivity contribution in [1.29, 1.82) is 5.26 Å². The van der Waals surface area contributed by atoms with Gasteiger partial charge in [-0.25, -0.2) is 0 Å². The second-order valence-corrected chi connectivity index (χ2v) is 6.45. The second-order valence-electron chi connectivity index (χ2n) is 6.45. The number of nitrogens with zero attached hydrogens (tertiary/aromatic N) is 2. The van der Waals surface area contributed by atoms with Crippen LogP contribution in [-0.2, 0) is 6.54 Å². The summed E-state index contributed by atoms with van der Waals surface area (Å²) in [5, 5.41) is 13.3. The van der Waals surface area contributed by atoms with Gasteiger partial charge in [0.15, 0.2) is 0 Å². The predicted molar refractivity (Wildman–Crippen MR) is 93.9 cm³/mol. The van der Waals surface area contributed by atoms with Gasteiger partial charge in [-0.3, -0.25) is 4.90 Å². The van der Waals surface area contributed by atoms with Crippen LogP contribution in [0.1, 0.15) is 18.9 Å². The van der Waals surface area contributed by atoms with Crippen molar-refractivity contribution >= 4 is 5.69 Å². The average molecular weight is 305 g/mol. The van der Waals surface area contributed by atoms with E-state index in [4.69, 9.17) is 0 Å². The SMILES string of the molecule is C[C@@H]1CN(Cc2ccccc2)CC[C@@]1(C#N)Nc1ccccc1. The first kappa shape index (κ1) is 15.6. The lowest BCUT2D eigenvalue weighted by molar-refractivity contribution is 0.138. The Morgan fingerprint density at radius 3 is 2.39 bits per heavy atom. The van der Waals surface area contributed by atoms with Gasteiger partial charge in [0.2, 0.25) is 0 Å². The van der Waals surface area contributed by atoms with E-state index in [1.807, 2.05) is 36.4 Å². The van der Waals surface area contributed by atoms with E-state index in [-0.39, 0.29) is 5.92 Å². The number of hydrogen-bond donors (Lipinski definition) is 1. The summed E-state index contributed by atoms with van der Waals surface area (Å²) in [5.41, 5.74) is 1.88. The number of likely N-dealkylation sites (tertiary alicyclic amines) is 1. The maximum absolute atomic E-state index is 9.82. The minimum atomic E-state index is -0.478. The molecule has 0 bridgehead atoms. The minimum Gasteiger partial charge on any atom is -0.367 e. The van der Waals surface area contributed by atoms with Gasteiger partial charge in [-0.05, 0) is 24.1 Å². The monoisotopic (exact) mass is 305 g/mol. The molecule has 2 aromatic carbocycles. The summed E-state index contributed by atoms with van der Waals surface area (Å²) in [4.78, 5) is 2.45. The highest BCUT2D eigenvalue weighted by Gasteiger charge is 2.40. The Balaban J connectivity index is 1.68. The van der Waals surface area contributed by atoms with Crippen molar-refractivity contribution in [2.75, 3.05) is 18.4 Å². The molecule has 1 saturated heterocycles. The molecule has 1 fully saturated rings. The smallest absolute Gasteiger partial charge is 0.130 e. The maximum atomic E-state index is 9.82. The molecular weight excluding hydrogens is 282 g/mol. The minimum absolute atomic E-state index is 0.269. The first-order valence-corrected chi connectivity index (χ1v) is 8.23. The fourth-order valence-corrected chi connectivity index (χ4v) is 3.36. The van der Waals surface area contributed by atoms with E-state index >= 15 is 0 Å². The Bertz CT molecular complexity index is 662. The molecule has 0 aliphatic carbocycles. The quantitative estimate of drug-likeness (QED) is 0.931. The van der Waals surface area contributed by atoms with Crippen LogP contribution in [0.15, 0.2) is 60.7 Å². The Labute approximate surface area is 138 Å². The van der Waals surface area contributed by atoms with Crippen LogP contribution < -0.4 is 5.32 Å². The molecule has 0 unspecified atom stereocenters. The van der Waals surface area contributed by atoms with Crippen molar-refractivity contribution < 1.29 is 0 Å². The largest absolute Gasteiger partial charge is 0.367 e. The van der Waals surface area contributed by atoms with E-state index in [2.05, 4.69) is 47.5 Å². The predicted octanol–water partition coefficient (Wildman–Crippen LogP) is 3.90. The van der Waals surface area contributed by atoms with Crippen LogP contribution in [0.4, 0.5) is 5.69 Å². The van der Waals surface area contributed by atoms with Crippen molar-refractivity contribution in [2.45, 2.75) is 25.4 Å². The molecule has 1 aliphatic heterocycles. The van der Waals surface area contributed by atoms with Crippen molar-refractivity contribution in [3.8, 4) is 6.07 Å². The molecule has 23 heavy (non-hydrogen) atoms. The van der Waals surface area contributed by atoms with E-state index in [9.17, 15) is 5.26 Å². The lowest BCUT2D eigenvalue weighted by Crippen LogP contribution is -2.54. The zero-order valence-electron chi connectivity index (χ0n) is 13.6. The Hall–Kier alpha value is -2.31. The van der Waals surface area contributed by atoms with Gasteiger partial charge in [0.1, 0.15) is 5.54 Å². The molecule has 1 heterocycles. The topological polar surface area (TPSA) is 39.1 Å². The van der Waals surface area contributed by atoms with E-state index in [1.165, 1.54) is 5.56 Å². The fourth-order valence-electron chi connectivity index (χ4n) is 3.36. The Kier molecular flexibility index (Phi) is 4.64. The molecule has 1 N–H and O–H groups in total. The third-order valence-electron chi connectivity index (χ3n) is 4.79. The summed E-state index contributed by atoms with van der Waals surface area (Å²) in [6, 6.07) is 23.2. The molecule has 2 atom stereocenters. The molecule has 3 heteroatoms. The normalized spacial score (nSPS) is 24.8. The number of anilines is 1. The molecule has 3 rings (SSSR count). The van der Waals surface area contributed by atoms with Crippen LogP contribution in [0.25, 0.3) is 0 Å². The van der Waals surface area contributed by atoms with Gasteiger partial charge in [-0.2, -0.15) is 5.26 Å². The molecule has 0 saturated carbocycles. The summed E-state index contributed by atoms with van der Waals surface area (Å²) in [7, 11) is 0. The molecule has 0 spiro atoms. The summed E-state index contributed by atoms with van der Waals surface area (Å²) >= 11 is 0. The maximum Gasteiger partial charge on any atom is 0.130 e. The molecule has 0 aromatic heterocycles. The van der Waals surface area contributed by atoms with Gasteiger partial charge in [0, 0.05) is 31.2 Å². The third-order valence-corrected chi connectivity index (χ3v) is 4.79. The second kappa shape index (κ2) is 6.85. The highest BCUT2D eigenvalue weighted by Crippen LogP contribution is 2.31. The fraction of sp³-hybridized carbons (Fsp3) is 0.350. The zero-order valence-corrected chi connectivity index (χ0v) is 13.6. The summed E-state index contributed by atoms with van der Waals surface area (Å²) < 4.78 is 0. The van der Waals surface area contributed by atoms with Gasteiger partial charge >= 0.3 is 0 Å². The summed E-state index contributed by atoms with van der Waals surface area (Å²) in [6.45, 7) is 5.00. The zero-order chi connectivity index (χ0) is 16.1. The van der Waals surface area contributed by atoms with Crippen LogP contribution >= 0.6 is 0 Å². The number of para-hydroxylation sites is 1. The van der Waals surface area contributed by atoms with E-state index in [1.54, 1.807) is 0 Å². The number of nitriles is 1. The van der Waals surface area contributed by atoms with Crippen LogP contribution in [0.5, 0.6) is 0 Å². The summed E-state index contributed by atoms with van der Waals surface area (Å²) in [6.07, 6.45) is 0.840. The van der Waals surface area contributed by atoms with Gasteiger partial charge < -0.3 is 5.32 Å². The molecule has 3 nitrogen and oxygen atoms in total. The number of hydrogen-bond acceptors (Lipinski definition) is 3. The van der Waals surface area contributed by atoms with Crippen molar-refractivity contribution in [3.63, 3.8) is 0 Å². The number of piperidine rings is 1. The third kappa shape index (κ3) is 3.55. The Morgan fingerprint density at radius 2 is 1.78 bits per heavy atom. The first-order valence-electron chi connectivity index (χ1n) is 8.23. The lowest BCUT2D eigenvalue weighted by Gasteiger charge is -2.43. The molecule has 1 aliphatic rings. The van der Waals surface area contributed by atoms with E-state index in [0.717, 1.165) is 31.7 Å². The molecule has 118 valence electrons. The lowest BCUT2D eigenvalue weighted by atomic mass is 9.79. The van der Waals surface area contributed by atoms with Gasteiger partial charge in [0.05, 0.1) is 6.07 Å². The van der Waals surface area contributed by atoms with Crippen LogP contribution in [0, 0.1) is 17.2 Å². The van der Waals surface area contributed by atoms with Crippen molar-refractivity contribution in [1.82, 2.24) is 4.90 Å². The van der Waals surface area contributed by atoms with Crippen molar-refractivity contribution in [2.24, 2.45) is 5.92 Å².